The largest absolute Gasteiger partial charge is 0.422 e. The van der Waals surface area contributed by atoms with Gasteiger partial charge < -0.3 is 9.73 Å². The molecular weight excluding hydrogens is 302 g/mol. The highest BCUT2D eigenvalue weighted by atomic mass is 16.4. The van der Waals surface area contributed by atoms with Gasteiger partial charge >= 0.3 is 5.63 Å². The molecule has 4 heteroatoms. The minimum absolute atomic E-state index is 0.0179. The van der Waals surface area contributed by atoms with E-state index in [0.29, 0.717) is 5.58 Å². The van der Waals surface area contributed by atoms with Crippen LogP contribution in [0.1, 0.15) is 40.0 Å². The molecule has 2 aromatic carbocycles. The molecule has 0 aliphatic heterocycles. The maximum Gasteiger partial charge on any atom is 0.349 e. The van der Waals surface area contributed by atoms with Gasteiger partial charge in [0.15, 0.2) is 0 Å². The third-order valence-electron chi connectivity index (χ3n) is 4.26. The predicted octanol–water partition coefficient (Wildman–Crippen LogP) is 3.90. The van der Waals surface area contributed by atoms with Gasteiger partial charge in [0.25, 0.3) is 5.91 Å². The summed E-state index contributed by atoms with van der Waals surface area (Å²) in [6, 6.07) is 14.6. The molecule has 0 unspecified atom stereocenters. The van der Waals surface area contributed by atoms with Crippen molar-refractivity contribution in [1.82, 2.24) is 5.32 Å². The summed E-state index contributed by atoms with van der Waals surface area (Å²) in [5, 5.41) is 3.59. The van der Waals surface area contributed by atoms with E-state index in [0.717, 1.165) is 10.9 Å². The fourth-order valence-corrected chi connectivity index (χ4v) is 2.61. The van der Waals surface area contributed by atoms with Crippen LogP contribution in [0.5, 0.6) is 0 Å². The number of nitrogens with one attached hydrogen (secondary N) is 1. The van der Waals surface area contributed by atoms with E-state index in [2.05, 4.69) is 5.32 Å². The van der Waals surface area contributed by atoms with Crippen molar-refractivity contribution in [3.05, 3.63) is 81.2 Å². The number of hydrogen-bond donors (Lipinski definition) is 1. The zero-order valence-corrected chi connectivity index (χ0v) is 13.9. The summed E-state index contributed by atoms with van der Waals surface area (Å²) >= 11 is 0. The first-order chi connectivity index (χ1) is 11.5. The average molecular weight is 321 g/mol. The van der Waals surface area contributed by atoms with Gasteiger partial charge in [-0.25, -0.2) is 4.79 Å². The van der Waals surface area contributed by atoms with Gasteiger partial charge in [-0.05, 0) is 49.6 Å². The van der Waals surface area contributed by atoms with Crippen molar-refractivity contribution in [2.45, 2.75) is 26.8 Å². The molecule has 3 aromatic rings. The van der Waals surface area contributed by atoms with E-state index in [4.69, 9.17) is 4.42 Å². The molecule has 0 fully saturated rings. The van der Waals surface area contributed by atoms with Crippen molar-refractivity contribution in [3.63, 3.8) is 0 Å². The van der Waals surface area contributed by atoms with E-state index in [-0.39, 0.29) is 11.6 Å². The summed E-state index contributed by atoms with van der Waals surface area (Å²) in [6.07, 6.45) is 0. The van der Waals surface area contributed by atoms with E-state index in [9.17, 15) is 9.59 Å². The van der Waals surface area contributed by atoms with E-state index >= 15 is 0 Å². The number of hydrogen-bond acceptors (Lipinski definition) is 3. The fourth-order valence-electron chi connectivity index (χ4n) is 2.61. The van der Waals surface area contributed by atoms with Crippen LogP contribution in [0.4, 0.5) is 0 Å². The zero-order chi connectivity index (χ0) is 17.3. The molecule has 1 heterocycles. The first-order valence-electron chi connectivity index (χ1n) is 7.86. The van der Waals surface area contributed by atoms with Crippen LogP contribution in [0.15, 0.2) is 57.7 Å². The minimum Gasteiger partial charge on any atom is -0.422 e. The van der Waals surface area contributed by atoms with Crippen molar-refractivity contribution in [2.24, 2.45) is 0 Å². The van der Waals surface area contributed by atoms with Crippen molar-refractivity contribution < 1.29 is 9.21 Å². The molecule has 1 amide bonds. The molecule has 0 spiro atoms. The zero-order valence-electron chi connectivity index (χ0n) is 13.9. The van der Waals surface area contributed by atoms with E-state index in [1.807, 2.05) is 51.1 Å². The molecule has 1 N–H and O–H groups in total. The summed E-state index contributed by atoms with van der Waals surface area (Å²) in [4.78, 5) is 24.5. The van der Waals surface area contributed by atoms with Crippen LogP contribution in [0.2, 0.25) is 0 Å². The lowest BCUT2D eigenvalue weighted by atomic mass is 10.0. The van der Waals surface area contributed by atoms with E-state index < -0.39 is 11.5 Å². The Kier molecular flexibility index (Phi) is 4.21. The molecular formula is C20H19NO3. The standard InChI is InChI=1S/C20H19NO3/c1-12-8-9-15(10-13(12)2)14(3)21-19(22)17-11-16-6-4-5-7-18(16)24-20(17)23/h4-11,14H,1-3H3,(H,21,22)/t14-/m1/s1. The summed E-state index contributed by atoms with van der Waals surface area (Å²) in [5.41, 5.74) is 3.23. The van der Waals surface area contributed by atoms with Crippen molar-refractivity contribution >= 4 is 16.9 Å². The van der Waals surface area contributed by atoms with Crippen molar-refractivity contribution in [2.75, 3.05) is 0 Å². The second-order valence-electron chi connectivity index (χ2n) is 6.02. The van der Waals surface area contributed by atoms with Gasteiger partial charge in [0.1, 0.15) is 11.1 Å². The lowest BCUT2D eigenvalue weighted by molar-refractivity contribution is 0.0936. The van der Waals surface area contributed by atoms with Gasteiger partial charge in [0.05, 0.1) is 6.04 Å². The molecule has 0 aliphatic rings. The summed E-state index contributed by atoms with van der Waals surface area (Å²) in [5.74, 6) is -0.430. The second kappa shape index (κ2) is 6.32. The Bertz CT molecular complexity index is 972. The molecule has 3 rings (SSSR count). The van der Waals surface area contributed by atoms with Gasteiger partial charge in [-0.15, -0.1) is 0 Å². The molecule has 0 saturated carbocycles. The number of amides is 1. The first-order valence-corrected chi connectivity index (χ1v) is 7.86. The molecule has 24 heavy (non-hydrogen) atoms. The maximum absolute atomic E-state index is 12.5. The highest BCUT2D eigenvalue weighted by Gasteiger charge is 2.16. The fraction of sp³-hybridized carbons (Fsp3) is 0.200. The third-order valence-corrected chi connectivity index (χ3v) is 4.26. The Balaban J connectivity index is 1.87. The molecule has 0 aliphatic carbocycles. The molecule has 122 valence electrons. The van der Waals surface area contributed by atoms with Crippen molar-refractivity contribution in [3.8, 4) is 0 Å². The monoisotopic (exact) mass is 321 g/mol. The lowest BCUT2D eigenvalue weighted by Crippen LogP contribution is -2.30. The van der Waals surface area contributed by atoms with E-state index in [1.54, 1.807) is 18.2 Å². The highest BCUT2D eigenvalue weighted by molar-refractivity contribution is 5.96. The van der Waals surface area contributed by atoms with Crippen LogP contribution in [0.3, 0.4) is 0 Å². The average Bonchev–Trinajstić information content (AvgIpc) is 2.56. The van der Waals surface area contributed by atoms with Crippen LogP contribution >= 0.6 is 0 Å². The first kappa shape index (κ1) is 16.0. The molecule has 0 bridgehead atoms. The number of aryl methyl sites for hydroxylation is 2. The number of para-hydroxylation sites is 1. The second-order valence-corrected chi connectivity index (χ2v) is 6.02. The predicted molar refractivity (Wildman–Crippen MR) is 94.3 cm³/mol. The quantitative estimate of drug-likeness (QED) is 0.744. The maximum atomic E-state index is 12.5. The Hall–Kier alpha value is -2.88. The van der Waals surface area contributed by atoms with Gasteiger partial charge in [-0.1, -0.05) is 36.4 Å². The number of carbonyl (C=O) groups excluding carboxylic acids is 1. The van der Waals surface area contributed by atoms with Crippen molar-refractivity contribution in [1.29, 1.82) is 0 Å². The Morgan fingerprint density at radius 3 is 2.54 bits per heavy atom. The summed E-state index contributed by atoms with van der Waals surface area (Å²) < 4.78 is 5.22. The third kappa shape index (κ3) is 3.08. The number of carbonyl (C=O) groups is 1. The molecule has 1 atom stereocenters. The topological polar surface area (TPSA) is 59.3 Å². The van der Waals surface area contributed by atoms with Crippen LogP contribution in [0, 0.1) is 13.8 Å². The number of fused-ring (bicyclic) bond motifs is 1. The Morgan fingerprint density at radius 2 is 1.79 bits per heavy atom. The molecule has 0 saturated heterocycles. The van der Waals surface area contributed by atoms with Crippen LogP contribution in [0.25, 0.3) is 11.0 Å². The Labute approximate surface area is 140 Å². The lowest BCUT2D eigenvalue weighted by Gasteiger charge is -2.15. The summed E-state index contributed by atoms with van der Waals surface area (Å²) in [7, 11) is 0. The Morgan fingerprint density at radius 1 is 1.04 bits per heavy atom. The highest BCUT2D eigenvalue weighted by Crippen LogP contribution is 2.18. The molecule has 1 aromatic heterocycles. The number of benzene rings is 2. The van der Waals surface area contributed by atoms with Crippen LogP contribution in [-0.2, 0) is 0 Å². The minimum atomic E-state index is -0.626. The van der Waals surface area contributed by atoms with Gasteiger partial charge in [-0.2, -0.15) is 0 Å². The van der Waals surface area contributed by atoms with Gasteiger partial charge in [-0.3, -0.25) is 4.79 Å². The summed E-state index contributed by atoms with van der Waals surface area (Å²) in [6.45, 7) is 5.97. The SMILES string of the molecule is Cc1ccc([C@@H](C)NC(=O)c2cc3ccccc3oc2=O)cc1C. The molecule has 4 nitrogen and oxygen atoms in total. The van der Waals surface area contributed by atoms with Gasteiger partial charge in [0, 0.05) is 5.39 Å². The smallest absolute Gasteiger partial charge is 0.349 e. The van der Waals surface area contributed by atoms with E-state index in [1.165, 1.54) is 11.1 Å². The van der Waals surface area contributed by atoms with Gasteiger partial charge in [0.2, 0.25) is 0 Å². The molecule has 0 radical (unpaired) electrons. The van der Waals surface area contributed by atoms with Crippen LogP contribution in [-0.4, -0.2) is 5.91 Å². The number of rotatable bonds is 3. The normalized spacial score (nSPS) is 12.1. The van der Waals surface area contributed by atoms with Crippen LogP contribution < -0.4 is 10.9 Å².